The normalized spacial score (nSPS) is 13.1. The van der Waals surface area contributed by atoms with Gasteiger partial charge in [0.15, 0.2) is 0 Å². The molecule has 11 heavy (non-hydrogen) atoms. The molecule has 0 aliphatic carbocycles. The van der Waals surface area contributed by atoms with Gasteiger partial charge in [-0.25, -0.2) is 0 Å². The molecule has 65 valence electrons. The van der Waals surface area contributed by atoms with Crippen LogP contribution in [0.3, 0.4) is 0 Å². The van der Waals surface area contributed by atoms with E-state index in [-0.39, 0.29) is 0 Å². The van der Waals surface area contributed by atoms with E-state index in [1.807, 2.05) is 0 Å². The molecule has 0 atom stereocenters. The largest absolute Gasteiger partial charge is 0.0744 e. The molecule has 0 heteroatoms. The topological polar surface area (TPSA) is 0 Å². The minimum atomic E-state index is 1.25. The summed E-state index contributed by atoms with van der Waals surface area (Å²) in [5.74, 6) is 0. The van der Waals surface area contributed by atoms with Gasteiger partial charge in [0, 0.05) is 0 Å². The summed E-state index contributed by atoms with van der Waals surface area (Å²) in [6.45, 7) is 10.4. The zero-order chi connectivity index (χ0) is 8.69. The number of hydrogen-bond donors (Lipinski definition) is 0. The summed E-state index contributed by atoms with van der Waals surface area (Å²) in [6.07, 6.45) is 6.67. The maximum absolute atomic E-state index is 3.92. The molecule has 0 saturated heterocycles. The fraction of sp³-hybridized carbons (Fsp3) is 0.727. The van der Waals surface area contributed by atoms with Gasteiger partial charge in [0.2, 0.25) is 0 Å². The van der Waals surface area contributed by atoms with Crippen LogP contribution in [0, 0.1) is 6.92 Å². The first-order valence-electron chi connectivity index (χ1n) is 4.66. The quantitative estimate of drug-likeness (QED) is 0.521. The highest BCUT2D eigenvalue weighted by Crippen LogP contribution is 2.12. The summed E-state index contributed by atoms with van der Waals surface area (Å²) in [6, 6.07) is 0. The number of allylic oxidation sites excluding steroid dienone is 2. The van der Waals surface area contributed by atoms with E-state index in [9.17, 15) is 0 Å². The molecule has 0 spiro atoms. The smallest absolute Gasteiger partial charge is 0.0283 e. The van der Waals surface area contributed by atoms with Gasteiger partial charge in [-0.2, -0.15) is 0 Å². The average molecular weight is 153 g/mol. The van der Waals surface area contributed by atoms with Gasteiger partial charge in [0.25, 0.3) is 0 Å². The Balaban J connectivity index is 3.32. The van der Waals surface area contributed by atoms with Crippen LogP contribution in [0.4, 0.5) is 0 Å². The molecule has 0 amide bonds. The molecular formula is C11H21. The summed E-state index contributed by atoms with van der Waals surface area (Å²) in [5, 5.41) is 0. The fourth-order valence-electron chi connectivity index (χ4n) is 1.03. The van der Waals surface area contributed by atoms with Crippen LogP contribution in [0.1, 0.15) is 52.9 Å². The van der Waals surface area contributed by atoms with E-state index < -0.39 is 0 Å². The maximum atomic E-state index is 3.92. The van der Waals surface area contributed by atoms with Crippen molar-refractivity contribution in [3.05, 3.63) is 18.1 Å². The molecule has 0 rings (SSSR count). The Morgan fingerprint density at radius 2 is 1.73 bits per heavy atom. The van der Waals surface area contributed by atoms with E-state index in [2.05, 4.69) is 27.7 Å². The van der Waals surface area contributed by atoms with Crippen molar-refractivity contribution >= 4 is 0 Å². The van der Waals surface area contributed by atoms with Crippen LogP contribution in [0.2, 0.25) is 0 Å². The van der Waals surface area contributed by atoms with Crippen molar-refractivity contribution in [3.8, 4) is 0 Å². The van der Waals surface area contributed by atoms with Crippen LogP contribution >= 0.6 is 0 Å². The van der Waals surface area contributed by atoms with Crippen molar-refractivity contribution in [3.63, 3.8) is 0 Å². The van der Waals surface area contributed by atoms with Crippen LogP contribution in [-0.4, -0.2) is 0 Å². The Morgan fingerprint density at radius 1 is 1.09 bits per heavy atom. The number of hydrogen-bond acceptors (Lipinski definition) is 0. The molecule has 0 aromatic carbocycles. The lowest BCUT2D eigenvalue weighted by Crippen LogP contribution is -1.82. The zero-order valence-electron chi connectivity index (χ0n) is 8.24. The predicted octanol–water partition coefficient (Wildman–Crippen LogP) is 4.13. The Kier molecular flexibility index (Phi) is 6.30. The summed E-state index contributed by atoms with van der Waals surface area (Å²) >= 11 is 0. The fourth-order valence-corrected chi connectivity index (χ4v) is 1.03. The van der Waals surface area contributed by atoms with Gasteiger partial charge in [-0.3, -0.25) is 0 Å². The van der Waals surface area contributed by atoms with E-state index in [4.69, 9.17) is 0 Å². The van der Waals surface area contributed by atoms with E-state index >= 15 is 0 Å². The third-order valence-electron chi connectivity index (χ3n) is 2.13. The maximum Gasteiger partial charge on any atom is -0.0283 e. The van der Waals surface area contributed by atoms with Crippen LogP contribution in [-0.2, 0) is 0 Å². The second-order valence-corrected chi connectivity index (χ2v) is 3.37. The van der Waals surface area contributed by atoms with E-state index in [0.29, 0.717) is 0 Å². The van der Waals surface area contributed by atoms with Crippen molar-refractivity contribution in [2.45, 2.75) is 52.9 Å². The van der Waals surface area contributed by atoms with Crippen LogP contribution < -0.4 is 0 Å². The average Bonchev–Trinajstić information content (AvgIpc) is 1.97. The monoisotopic (exact) mass is 153 g/mol. The highest BCUT2D eigenvalue weighted by molar-refractivity contribution is 5.11. The molecule has 1 radical (unpaired) electrons. The Hall–Kier alpha value is -0.260. The first-order chi connectivity index (χ1) is 5.18. The zero-order valence-corrected chi connectivity index (χ0v) is 8.24. The van der Waals surface area contributed by atoms with Gasteiger partial charge >= 0.3 is 0 Å². The van der Waals surface area contributed by atoms with Gasteiger partial charge < -0.3 is 0 Å². The molecule has 0 aromatic heterocycles. The highest BCUT2D eigenvalue weighted by atomic mass is 14.0. The standard InChI is InChI=1S/C11H21/c1-5-6-7-8-9-11(4)10(2)3/h2,5-9H2,1,3-4H3. The molecular weight excluding hydrogens is 132 g/mol. The predicted molar refractivity (Wildman–Crippen MR) is 52.5 cm³/mol. The van der Waals surface area contributed by atoms with Gasteiger partial charge in [-0.15, -0.1) is 0 Å². The molecule has 0 heterocycles. The second kappa shape index (κ2) is 6.45. The lowest BCUT2D eigenvalue weighted by atomic mass is 10.0. The lowest BCUT2D eigenvalue weighted by Gasteiger charge is -2.02. The summed E-state index contributed by atoms with van der Waals surface area (Å²) in [7, 11) is 0. The minimum Gasteiger partial charge on any atom is -0.0744 e. The van der Waals surface area contributed by atoms with Crippen LogP contribution in [0.15, 0.2) is 11.1 Å². The molecule has 0 saturated carbocycles. The molecule has 0 bridgehead atoms. The first kappa shape index (κ1) is 10.7. The Labute approximate surface area is 71.7 Å². The first-order valence-corrected chi connectivity index (χ1v) is 4.66. The third kappa shape index (κ3) is 6.15. The summed E-state index contributed by atoms with van der Waals surface area (Å²) in [4.78, 5) is 0. The molecule has 0 aliphatic rings. The molecule has 0 fully saturated rings. The minimum absolute atomic E-state index is 1.25. The molecule has 0 N–H and O–H groups in total. The van der Waals surface area contributed by atoms with E-state index in [1.165, 1.54) is 43.3 Å². The van der Waals surface area contributed by atoms with Crippen molar-refractivity contribution < 1.29 is 0 Å². The third-order valence-corrected chi connectivity index (χ3v) is 2.13. The van der Waals surface area contributed by atoms with Crippen molar-refractivity contribution in [1.29, 1.82) is 0 Å². The van der Waals surface area contributed by atoms with Crippen LogP contribution in [0.5, 0.6) is 0 Å². The number of unbranched alkanes of at least 4 members (excludes halogenated alkanes) is 3. The van der Waals surface area contributed by atoms with Crippen molar-refractivity contribution in [2.75, 3.05) is 0 Å². The molecule has 0 nitrogen and oxygen atoms in total. The second-order valence-electron chi connectivity index (χ2n) is 3.37. The summed E-state index contributed by atoms with van der Waals surface area (Å²) in [5.41, 5.74) is 2.72. The van der Waals surface area contributed by atoms with Crippen molar-refractivity contribution in [1.82, 2.24) is 0 Å². The highest BCUT2D eigenvalue weighted by Gasteiger charge is 1.92. The van der Waals surface area contributed by atoms with E-state index in [0.717, 1.165) is 0 Å². The molecule has 0 unspecified atom stereocenters. The molecule has 0 aliphatic heterocycles. The lowest BCUT2D eigenvalue weighted by molar-refractivity contribution is 0.663. The number of rotatable bonds is 5. The Morgan fingerprint density at radius 3 is 2.18 bits per heavy atom. The van der Waals surface area contributed by atoms with Gasteiger partial charge in [0.1, 0.15) is 0 Å². The summed E-state index contributed by atoms with van der Waals surface area (Å²) < 4.78 is 0. The van der Waals surface area contributed by atoms with Gasteiger partial charge in [-0.05, 0) is 33.6 Å². The molecule has 0 aromatic rings. The van der Waals surface area contributed by atoms with E-state index in [1.54, 1.807) is 0 Å². The van der Waals surface area contributed by atoms with Crippen molar-refractivity contribution in [2.24, 2.45) is 0 Å². The van der Waals surface area contributed by atoms with Crippen LogP contribution in [0.25, 0.3) is 0 Å². The van der Waals surface area contributed by atoms with Gasteiger partial charge in [0.05, 0.1) is 0 Å². The van der Waals surface area contributed by atoms with Gasteiger partial charge in [-0.1, -0.05) is 37.3 Å². The SMILES string of the molecule is [CH2]C(C)=C(C)CCCCCC. The Bertz CT molecular complexity index is 116.